The van der Waals surface area contributed by atoms with Gasteiger partial charge < -0.3 is 5.32 Å². The minimum atomic E-state index is -3.46. The average Bonchev–Trinajstić information content (AvgIpc) is 2.98. The predicted molar refractivity (Wildman–Crippen MR) is 103 cm³/mol. The molecule has 2 heterocycles. The number of hydrogen-bond acceptors (Lipinski definition) is 5. The number of piperidine rings is 1. The first-order valence-electron chi connectivity index (χ1n) is 8.35. The van der Waals surface area contributed by atoms with E-state index in [2.05, 4.69) is 10.3 Å². The van der Waals surface area contributed by atoms with E-state index in [1.165, 1.54) is 11.3 Å². The lowest BCUT2D eigenvalue weighted by Gasteiger charge is -2.37. The number of nitrogens with one attached hydrogen (secondary N) is 1. The Bertz CT molecular complexity index is 811. The van der Waals surface area contributed by atoms with Crippen molar-refractivity contribution in [3.63, 3.8) is 0 Å². The van der Waals surface area contributed by atoms with Gasteiger partial charge in [-0.2, -0.15) is 4.31 Å². The number of hydrogen-bond donors (Lipinski definition) is 1. The van der Waals surface area contributed by atoms with Gasteiger partial charge in [0.2, 0.25) is 10.0 Å². The lowest BCUT2D eigenvalue weighted by molar-refractivity contribution is 0.204. The maximum Gasteiger partial charge on any atom is 0.243 e. The van der Waals surface area contributed by atoms with Crippen LogP contribution in [0, 0.1) is 0 Å². The Labute approximate surface area is 158 Å². The van der Waals surface area contributed by atoms with Gasteiger partial charge in [-0.25, -0.2) is 13.4 Å². The van der Waals surface area contributed by atoms with Gasteiger partial charge in [0.15, 0.2) is 4.47 Å². The summed E-state index contributed by atoms with van der Waals surface area (Å²) in [6, 6.07) is 7.03. The van der Waals surface area contributed by atoms with Crippen LogP contribution in [0.15, 0.2) is 35.4 Å². The summed E-state index contributed by atoms with van der Waals surface area (Å²) >= 11 is 7.24. The first-order valence-corrected chi connectivity index (χ1v) is 11.0. The summed E-state index contributed by atoms with van der Waals surface area (Å²) in [5.41, 5.74) is 0.864. The van der Waals surface area contributed by atoms with E-state index in [9.17, 15) is 8.42 Å². The molecule has 1 aliphatic heterocycles. The quantitative estimate of drug-likeness (QED) is 0.811. The average molecular weight is 400 g/mol. The summed E-state index contributed by atoms with van der Waals surface area (Å²) in [5.74, 6) is 0. The van der Waals surface area contributed by atoms with E-state index in [0.717, 1.165) is 29.8 Å². The Balaban J connectivity index is 1.72. The highest BCUT2D eigenvalue weighted by Gasteiger charge is 2.35. The minimum Gasteiger partial charge on any atom is -0.380 e. The first kappa shape index (κ1) is 18.6. The fourth-order valence-corrected chi connectivity index (χ4v) is 6.09. The molecule has 0 spiro atoms. The fourth-order valence-electron chi connectivity index (χ4n) is 3.29. The van der Waals surface area contributed by atoms with Crippen LogP contribution < -0.4 is 5.32 Å². The Morgan fingerprint density at radius 3 is 2.44 bits per heavy atom. The van der Waals surface area contributed by atoms with E-state index in [1.54, 1.807) is 34.8 Å². The van der Waals surface area contributed by atoms with Gasteiger partial charge in [-0.3, -0.25) is 0 Å². The molecule has 5 nitrogen and oxygen atoms in total. The zero-order valence-electron chi connectivity index (χ0n) is 14.3. The molecule has 1 saturated heterocycles. The highest BCUT2D eigenvalue weighted by atomic mass is 35.5. The number of rotatable bonds is 5. The molecular weight excluding hydrogens is 378 g/mol. The van der Waals surface area contributed by atoms with Crippen molar-refractivity contribution in [2.45, 2.75) is 56.6 Å². The second-order valence-electron chi connectivity index (χ2n) is 6.42. The molecule has 0 bridgehead atoms. The monoisotopic (exact) mass is 399 g/mol. The molecule has 2 atom stereocenters. The van der Waals surface area contributed by atoms with Crippen molar-refractivity contribution in [1.82, 2.24) is 9.29 Å². The molecule has 1 aliphatic rings. The molecule has 0 aliphatic carbocycles. The van der Waals surface area contributed by atoms with Crippen LogP contribution in [0.3, 0.4) is 0 Å². The summed E-state index contributed by atoms with van der Waals surface area (Å²) < 4.78 is 28.2. The maximum atomic E-state index is 13.0. The third-order valence-electron chi connectivity index (χ3n) is 4.53. The van der Waals surface area contributed by atoms with Crippen molar-refractivity contribution in [1.29, 1.82) is 0 Å². The number of nitrogens with zero attached hydrogens (tertiary/aromatic N) is 2. The molecule has 1 fully saturated rings. The topological polar surface area (TPSA) is 62.3 Å². The first-order chi connectivity index (χ1) is 11.9. The van der Waals surface area contributed by atoms with Crippen molar-refractivity contribution in [2.75, 3.05) is 5.32 Å². The third-order valence-corrected chi connectivity index (χ3v) is 7.79. The van der Waals surface area contributed by atoms with Crippen LogP contribution >= 0.6 is 22.9 Å². The zero-order valence-corrected chi connectivity index (χ0v) is 16.7. The molecule has 1 aromatic carbocycles. The second kappa shape index (κ2) is 7.61. The van der Waals surface area contributed by atoms with Crippen LogP contribution in [0.1, 0.15) is 38.0 Å². The van der Waals surface area contributed by atoms with Crippen molar-refractivity contribution in [2.24, 2.45) is 0 Å². The summed E-state index contributed by atoms with van der Waals surface area (Å²) in [6.07, 6.45) is 4.65. The summed E-state index contributed by atoms with van der Waals surface area (Å²) in [4.78, 5) is 5.37. The predicted octanol–water partition coefficient (Wildman–Crippen LogP) is 4.36. The highest BCUT2D eigenvalue weighted by Crippen LogP contribution is 2.30. The third kappa shape index (κ3) is 4.16. The van der Waals surface area contributed by atoms with Crippen molar-refractivity contribution in [3.8, 4) is 0 Å². The number of anilines is 1. The standard InChI is InChI=1S/C17H22ClN3O2S2/c1-12-4-3-5-13(2)21(12)25(22,23)16-8-6-14(7-9-16)19-10-15-11-20-17(18)24-15/h6-9,11-13,19H,3-5,10H2,1-2H3. The van der Waals surface area contributed by atoms with Crippen LogP contribution in [0.25, 0.3) is 0 Å². The molecule has 2 aromatic rings. The van der Waals surface area contributed by atoms with Gasteiger partial charge in [0.05, 0.1) is 11.4 Å². The summed E-state index contributed by atoms with van der Waals surface area (Å²) in [6.45, 7) is 4.59. The molecular formula is C17H22ClN3O2S2. The Morgan fingerprint density at radius 2 is 1.88 bits per heavy atom. The zero-order chi connectivity index (χ0) is 18.0. The molecule has 0 radical (unpaired) electrons. The van der Waals surface area contributed by atoms with Crippen molar-refractivity contribution in [3.05, 3.63) is 39.8 Å². The van der Waals surface area contributed by atoms with Crippen molar-refractivity contribution < 1.29 is 8.42 Å². The number of thiazole rings is 1. The van der Waals surface area contributed by atoms with E-state index in [4.69, 9.17) is 11.6 Å². The van der Waals surface area contributed by atoms with Gasteiger partial charge in [0, 0.05) is 28.8 Å². The molecule has 25 heavy (non-hydrogen) atoms. The Hall–Kier alpha value is -1.15. The molecule has 8 heteroatoms. The number of halogens is 1. The number of sulfonamides is 1. The Morgan fingerprint density at radius 1 is 1.24 bits per heavy atom. The maximum absolute atomic E-state index is 13.0. The van der Waals surface area contributed by atoms with Crippen LogP contribution in [-0.4, -0.2) is 29.8 Å². The molecule has 0 saturated carbocycles. The lowest BCUT2D eigenvalue weighted by Crippen LogP contribution is -2.47. The van der Waals surface area contributed by atoms with Crippen LogP contribution in [-0.2, 0) is 16.6 Å². The van der Waals surface area contributed by atoms with Crippen LogP contribution in [0.5, 0.6) is 0 Å². The number of aromatic nitrogens is 1. The van der Waals surface area contributed by atoms with Crippen LogP contribution in [0.4, 0.5) is 5.69 Å². The second-order valence-corrected chi connectivity index (χ2v) is 9.96. The number of benzene rings is 1. The van der Waals surface area contributed by atoms with Gasteiger partial charge in [0.25, 0.3) is 0 Å². The molecule has 1 N–H and O–H groups in total. The van der Waals surface area contributed by atoms with Crippen LogP contribution in [0.2, 0.25) is 4.47 Å². The molecule has 0 amide bonds. The molecule has 1 aromatic heterocycles. The fraction of sp³-hybridized carbons (Fsp3) is 0.471. The largest absolute Gasteiger partial charge is 0.380 e. The van der Waals surface area contributed by atoms with E-state index in [0.29, 0.717) is 15.9 Å². The lowest BCUT2D eigenvalue weighted by atomic mass is 10.0. The van der Waals surface area contributed by atoms with Gasteiger partial charge >= 0.3 is 0 Å². The molecule has 3 rings (SSSR count). The highest BCUT2D eigenvalue weighted by molar-refractivity contribution is 7.89. The SMILES string of the molecule is CC1CCCC(C)N1S(=O)(=O)c1ccc(NCc2cnc(Cl)s2)cc1. The molecule has 2 unspecified atom stereocenters. The normalized spacial score (nSPS) is 22.0. The summed E-state index contributed by atoms with van der Waals surface area (Å²) in [5, 5.41) is 3.25. The molecule has 136 valence electrons. The minimum absolute atomic E-state index is 0.0441. The van der Waals surface area contributed by atoms with E-state index >= 15 is 0 Å². The Kier molecular flexibility index (Phi) is 5.68. The smallest absolute Gasteiger partial charge is 0.243 e. The van der Waals surface area contributed by atoms with Gasteiger partial charge in [-0.15, -0.1) is 11.3 Å². The van der Waals surface area contributed by atoms with Gasteiger partial charge in [-0.1, -0.05) is 18.0 Å². The van der Waals surface area contributed by atoms with Gasteiger partial charge in [-0.05, 0) is 51.0 Å². The van der Waals surface area contributed by atoms with E-state index in [-0.39, 0.29) is 12.1 Å². The van der Waals surface area contributed by atoms with Crippen molar-refractivity contribution >= 4 is 38.6 Å². The van der Waals surface area contributed by atoms with Gasteiger partial charge in [0.1, 0.15) is 0 Å². The summed E-state index contributed by atoms with van der Waals surface area (Å²) in [7, 11) is -3.46. The van der Waals surface area contributed by atoms with E-state index < -0.39 is 10.0 Å². The van der Waals surface area contributed by atoms with E-state index in [1.807, 2.05) is 13.8 Å².